The topological polar surface area (TPSA) is 67.9 Å². The van der Waals surface area contributed by atoms with Crippen molar-refractivity contribution < 1.29 is 9.59 Å². The maximum Gasteiger partial charge on any atom is 0.250 e. The lowest BCUT2D eigenvalue weighted by Crippen LogP contribution is -2.52. The summed E-state index contributed by atoms with van der Waals surface area (Å²) in [5.41, 5.74) is 2.00. The molecule has 0 atom stereocenters. The van der Waals surface area contributed by atoms with Gasteiger partial charge >= 0.3 is 0 Å². The minimum absolute atomic E-state index is 0.129. The van der Waals surface area contributed by atoms with Crippen molar-refractivity contribution in [2.24, 2.45) is 0 Å². The Morgan fingerprint density at radius 1 is 1.07 bits per heavy atom. The molecule has 7 nitrogen and oxygen atoms in total. The molecule has 2 N–H and O–H groups in total. The zero-order chi connectivity index (χ0) is 21.9. The number of amides is 2. The number of rotatable bonds is 4. The van der Waals surface area contributed by atoms with E-state index in [-0.39, 0.29) is 11.9 Å². The van der Waals surface area contributed by atoms with Crippen LogP contribution >= 0.6 is 0 Å². The first-order valence-electron chi connectivity index (χ1n) is 11.1. The fourth-order valence-corrected chi connectivity index (χ4v) is 3.48. The smallest absolute Gasteiger partial charge is 0.250 e. The Balaban J connectivity index is 0.000000214. The van der Waals surface area contributed by atoms with Crippen LogP contribution in [-0.4, -0.2) is 98.5 Å². The van der Waals surface area contributed by atoms with E-state index in [1.165, 1.54) is 0 Å². The van der Waals surface area contributed by atoms with Crippen molar-refractivity contribution in [1.82, 2.24) is 25.3 Å². The highest BCUT2D eigenvalue weighted by molar-refractivity contribution is 5.94. The van der Waals surface area contributed by atoms with E-state index in [9.17, 15) is 9.59 Å². The van der Waals surface area contributed by atoms with Crippen LogP contribution in [0.15, 0.2) is 35.5 Å². The van der Waals surface area contributed by atoms with Gasteiger partial charge in [0.15, 0.2) is 0 Å². The maximum atomic E-state index is 12.0. The average Bonchev–Trinajstić information content (AvgIpc) is 2.98. The van der Waals surface area contributed by atoms with E-state index in [4.69, 9.17) is 0 Å². The van der Waals surface area contributed by atoms with Gasteiger partial charge in [-0.3, -0.25) is 14.5 Å². The van der Waals surface area contributed by atoms with E-state index in [0.717, 1.165) is 69.9 Å². The van der Waals surface area contributed by atoms with Crippen LogP contribution in [0.1, 0.15) is 27.2 Å². The fourth-order valence-electron chi connectivity index (χ4n) is 3.48. The molecule has 0 aromatic rings. The number of allylic oxidation sites excluding steroid dienone is 5. The predicted octanol–water partition coefficient (Wildman–Crippen LogP) is 1.01. The molecule has 2 aliphatic heterocycles. The summed E-state index contributed by atoms with van der Waals surface area (Å²) in [6.07, 6.45) is 8.75. The van der Waals surface area contributed by atoms with Crippen LogP contribution in [0.25, 0.3) is 0 Å². The van der Waals surface area contributed by atoms with E-state index >= 15 is 0 Å². The van der Waals surface area contributed by atoms with E-state index in [2.05, 4.69) is 15.5 Å². The number of nitrogens with zero attached hydrogens (tertiary/aromatic N) is 3. The van der Waals surface area contributed by atoms with Crippen molar-refractivity contribution in [3.8, 4) is 0 Å². The van der Waals surface area contributed by atoms with Crippen LogP contribution in [0.2, 0.25) is 0 Å². The molecule has 3 aliphatic rings. The highest BCUT2D eigenvalue weighted by Crippen LogP contribution is 2.15. The van der Waals surface area contributed by atoms with Crippen molar-refractivity contribution >= 4 is 11.8 Å². The lowest BCUT2D eigenvalue weighted by Gasteiger charge is -2.32. The van der Waals surface area contributed by atoms with Gasteiger partial charge in [-0.1, -0.05) is 29.9 Å². The number of hydrogen-bond donors (Lipinski definition) is 2. The Morgan fingerprint density at radius 2 is 1.67 bits per heavy atom. The molecule has 0 unspecified atom stereocenters. The van der Waals surface area contributed by atoms with Gasteiger partial charge in [-0.25, -0.2) is 0 Å². The van der Waals surface area contributed by atoms with Gasteiger partial charge in [-0.2, -0.15) is 0 Å². The molecule has 168 valence electrons. The largest absolute Gasteiger partial charge is 0.340 e. The van der Waals surface area contributed by atoms with Crippen LogP contribution in [-0.2, 0) is 9.59 Å². The minimum atomic E-state index is 0.129. The van der Waals surface area contributed by atoms with Crippen LogP contribution in [0.5, 0.6) is 0 Å². The highest BCUT2D eigenvalue weighted by Gasteiger charge is 2.20. The van der Waals surface area contributed by atoms with E-state index in [0.29, 0.717) is 12.5 Å². The third-order valence-electron chi connectivity index (χ3n) is 5.64. The summed E-state index contributed by atoms with van der Waals surface area (Å²) in [4.78, 5) is 29.9. The Bertz CT molecular complexity index is 657. The standard InChI is InChI=1S/C13H19NO.C10H20N4O/c1-10(2)14(4)13(15)12-8-6-5-7-11(3)9-12;15-10(14-7-3-12-4-8-14)9-13-5-1-11-2-6-13/h5-7,9-10H,8H2,1-4H3;11-12H,1-9H2. The van der Waals surface area contributed by atoms with Gasteiger partial charge in [0.2, 0.25) is 11.8 Å². The van der Waals surface area contributed by atoms with Crippen molar-refractivity contribution in [2.45, 2.75) is 33.2 Å². The number of carbonyl (C=O) groups excluding carboxylic acids is 2. The second-order valence-corrected chi connectivity index (χ2v) is 8.38. The number of carbonyl (C=O) groups is 2. The maximum absolute atomic E-state index is 12.0. The molecular formula is C23H39N5O2. The number of piperazine rings is 2. The van der Waals surface area contributed by atoms with Crippen LogP contribution in [0.4, 0.5) is 0 Å². The molecule has 7 heteroatoms. The second kappa shape index (κ2) is 12.7. The molecule has 2 heterocycles. The molecule has 0 bridgehead atoms. The third kappa shape index (κ3) is 8.05. The van der Waals surface area contributed by atoms with Gasteiger partial charge in [-0.15, -0.1) is 0 Å². The first-order chi connectivity index (χ1) is 14.4. The summed E-state index contributed by atoms with van der Waals surface area (Å²) in [5.74, 6) is 0.419. The van der Waals surface area contributed by atoms with Gasteiger partial charge in [0.25, 0.3) is 0 Å². The molecule has 30 heavy (non-hydrogen) atoms. The van der Waals surface area contributed by atoms with Gasteiger partial charge in [0.05, 0.1) is 6.54 Å². The van der Waals surface area contributed by atoms with E-state index in [1.807, 2.05) is 57.0 Å². The Morgan fingerprint density at radius 3 is 2.27 bits per heavy atom. The molecule has 0 aromatic carbocycles. The van der Waals surface area contributed by atoms with E-state index in [1.54, 1.807) is 4.90 Å². The predicted molar refractivity (Wildman–Crippen MR) is 122 cm³/mol. The van der Waals surface area contributed by atoms with Crippen molar-refractivity contribution in [1.29, 1.82) is 0 Å². The van der Waals surface area contributed by atoms with E-state index < -0.39 is 0 Å². The first-order valence-corrected chi connectivity index (χ1v) is 11.1. The number of nitrogens with one attached hydrogen (secondary N) is 2. The SMILES string of the molecule is CC1=CC=CCC(C(=O)N(C)C(C)C)=C1.O=C(CN1CCNCC1)N1CCNCC1. The lowest BCUT2D eigenvalue weighted by molar-refractivity contribution is -0.133. The Labute approximate surface area is 181 Å². The van der Waals surface area contributed by atoms with Crippen molar-refractivity contribution in [3.05, 3.63) is 35.5 Å². The summed E-state index contributed by atoms with van der Waals surface area (Å²) in [7, 11) is 1.85. The zero-order valence-electron chi connectivity index (χ0n) is 19.1. The molecule has 0 saturated carbocycles. The summed E-state index contributed by atoms with van der Waals surface area (Å²) in [6, 6.07) is 0.245. The van der Waals surface area contributed by atoms with Crippen molar-refractivity contribution in [3.63, 3.8) is 0 Å². The summed E-state index contributed by atoms with van der Waals surface area (Å²) >= 11 is 0. The van der Waals surface area contributed by atoms with Crippen LogP contribution in [0, 0.1) is 0 Å². The monoisotopic (exact) mass is 417 g/mol. The van der Waals surface area contributed by atoms with Crippen molar-refractivity contribution in [2.75, 3.05) is 66.0 Å². The number of likely N-dealkylation sites (N-methyl/N-ethyl adjacent to an activating group) is 1. The Kier molecular flexibility index (Phi) is 10.3. The summed E-state index contributed by atoms with van der Waals surface area (Å²) in [5, 5.41) is 6.55. The van der Waals surface area contributed by atoms with Gasteiger partial charge < -0.3 is 20.4 Å². The molecule has 2 saturated heterocycles. The molecule has 2 fully saturated rings. The molecule has 0 radical (unpaired) electrons. The molecular weight excluding hydrogens is 378 g/mol. The third-order valence-corrected chi connectivity index (χ3v) is 5.64. The zero-order valence-corrected chi connectivity index (χ0v) is 19.1. The van der Waals surface area contributed by atoms with Crippen LogP contribution in [0.3, 0.4) is 0 Å². The molecule has 0 spiro atoms. The van der Waals surface area contributed by atoms with Gasteiger partial charge in [0.1, 0.15) is 0 Å². The molecule has 1 aliphatic carbocycles. The normalized spacial score (nSPS) is 20.0. The number of hydrogen-bond acceptors (Lipinski definition) is 5. The molecule has 0 aromatic heterocycles. The quantitative estimate of drug-likeness (QED) is 0.715. The fraction of sp³-hybridized carbons (Fsp3) is 0.652. The minimum Gasteiger partial charge on any atom is -0.340 e. The average molecular weight is 418 g/mol. The second-order valence-electron chi connectivity index (χ2n) is 8.38. The Hall–Kier alpha value is -1.96. The highest BCUT2D eigenvalue weighted by atomic mass is 16.2. The summed E-state index contributed by atoms with van der Waals surface area (Å²) < 4.78 is 0. The van der Waals surface area contributed by atoms with Gasteiger partial charge in [0, 0.05) is 71.0 Å². The summed E-state index contributed by atoms with van der Waals surface area (Å²) in [6.45, 7) is 14.3. The lowest BCUT2D eigenvalue weighted by atomic mass is 10.1. The molecule has 2 amide bonds. The van der Waals surface area contributed by atoms with Gasteiger partial charge in [-0.05, 0) is 27.2 Å². The molecule has 3 rings (SSSR count). The van der Waals surface area contributed by atoms with Crippen LogP contribution < -0.4 is 10.6 Å². The first kappa shape index (κ1) is 24.3.